The van der Waals surface area contributed by atoms with E-state index in [9.17, 15) is 43.2 Å². The van der Waals surface area contributed by atoms with Crippen LogP contribution >= 0.6 is 15.6 Å². The number of hydrogen-bond acceptors (Lipinski definition) is 15. The van der Waals surface area contributed by atoms with Gasteiger partial charge < -0.3 is 33.8 Å². The summed E-state index contributed by atoms with van der Waals surface area (Å²) < 4.78 is 68.3. The number of ether oxygens (including phenoxy) is 4. The summed E-state index contributed by atoms with van der Waals surface area (Å²) in [4.78, 5) is 72.6. The van der Waals surface area contributed by atoms with E-state index in [1.807, 2.05) is 0 Å². The van der Waals surface area contributed by atoms with Gasteiger partial charge in [0.1, 0.15) is 19.3 Å². The van der Waals surface area contributed by atoms with Crippen molar-refractivity contribution in [3.05, 3.63) is 0 Å². The molecule has 3 N–H and O–H groups in total. The number of unbranched alkanes of at least 4 members (excludes halogenated alkanes) is 41. The second-order valence-electron chi connectivity index (χ2n) is 26.9. The van der Waals surface area contributed by atoms with Crippen molar-refractivity contribution in [1.29, 1.82) is 0 Å². The van der Waals surface area contributed by atoms with Crippen LogP contribution in [0.25, 0.3) is 0 Å². The van der Waals surface area contributed by atoms with E-state index >= 15 is 0 Å². The zero-order valence-electron chi connectivity index (χ0n) is 59.1. The van der Waals surface area contributed by atoms with Crippen molar-refractivity contribution in [2.75, 3.05) is 39.6 Å². The van der Waals surface area contributed by atoms with Crippen LogP contribution in [-0.4, -0.2) is 96.7 Å². The molecular weight excluding hydrogens is 1200 g/mol. The minimum Gasteiger partial charge on any atom is -0.462 e. The minimum atomic E-state index is -4.95. The molecule has 0 radical (unpaired) electrons. The third-order valence-corrected chi connectivity index (χ3v) is 18.6. The Bertz CT molecular complexity index is 1770. The fourth-order valence-corrected chi connectivity index (χ4v) is 12.5. The highest BCUT2D eigenvalue weighted by atomic mass is 31.2. The number of carbonyl (C=O) groups is 4. The van der Waals surface area contributed by atoms with Gasteiger partial charge in [0.2, 0.25) is 0 Å². The van der Waals surface area contributed by atoms with Gasteiger partial charge in [-0.25, -0.2) is 9.13 Å². The van der Waals surface area contributed by atoms with Gasteiger partial charge in [0.05, 0.1) is 26.4 Å². The van der Waals surface area contributed by atoms with Crippen molar-refractivity contribution >= 4 is 39.5 Å². The van der Waals surface area contributed by atoms with Crippen LogP contribution in [0.3, 0.4) is 0 Å². The van der Waals surface area contributed by atoms with Crippen LogP contribution in [0.15, 0.2) is 0 Å². The molecule has 0 aliphatic heterocycles. The Morgan fingerprint density at radius 3 is 0.747 bits per heavy atom. The van der Waals surface area contributed by atoms with Crippen LogP contribution in [0.2, 0.25) is 0 Å². The van der Waals surface area contributed by atoms with Gasteiger partial charge in [-0.2, -0.15) is 0 Å². The molecule has 0 heterocycles. The standard InChI is InChI=1S/C72H140O17P2/c1-7-9-11-13-15-17-19-20-21-22-23-24-25-27-33-37-45-51-57-72(77)88-67(60-82-69(74)54-48-42-35-31-29-28-30-34-40-46-52-64(3)4)62-86-90(78,79)84-58-66(73)59-85-91(80,81)87-63-68(61-83-70(75)55-49-43-39-38-41-47-53-65(5)6)89-71(76)56-50-44-36-32-26-18-16-14-12-10-8-2/h64-68,73H,7-63H2,1-6H3,(H,78,79)(H,80,81)/t66-,67-,68-/m1/s1. The molecule has 0 amide bonds. The molecule has 2 unspecified atom stereocenters. The highest BCUT2D eigenvalue weighted by Gasteiger charge is 2.30. The summed E-state index contributed by atoms with van der Waals surface area (Å²) in [6.07, 6.45) is 50.1. The maximum Gasteiger partial charge on any atom is 0.472 e. The van der Waals surface area contributed by atoms with Crippen molar-refractivity contribution < 1.29 is 80.2 Å². The molecule has 91 heavy (non-hydrogen) atoms. The molecule has 0 saturated carbocycles. The van der Waals surface area contributed by atoms with Gasteiger partial charge in [0.25, 0.3) is 0 Å². The Morgan fingerprint density at radius 1 is 0.297 bits per heavy atom. The molecule has 0 aliphatic rings. The SMILES string of the molecule is CCCCCCCCCCCCCCCCCCCCC(=O)O[C@H](COC(=O)CCCCCCCCCCCCC(C)C)COP(=O)(O)OC[C@@H](O)COP(=O)(O)OC[C@@H](COC(=O)CCCCCCCCC(C)C)OC(=O)CCCCCCCCCCCCC. The van der Waals surface area contributed by atoms with Crippen molar-refractivity contribution in [2.24, 2.45) is 11.8 Å². The predicted molar refractivity (Wildman–Crippen MR) is 368 cm³/mol. The van der Waals surface area contributed by atoms with Crippen molar-refractivity contribution in [1.82, 2.24) is 0 Å². The first kappa shape index (κ1) is 89.1. The number of carbonyl (C=O) groups excluding carboxylic acids is 4. The summed E-state index contributed by atoms with van der Waals surface area (Å²) in [5.41, 5.74) is 0. The van der Waals surface area contributed by atoms with Crippen molar-refractivity contribution in [3.63, 3.8) is 0 Å². The van der Waals surface area contributed by atoms with E-state index < -0.39 is 97.5 Å². The maximum atomic E-state index is 13.0. The number of phosphoric ester groups is 2. The molecule has 0 aromatic rings. The number of phosphoric acid groups is 2. The summed E-state index contributed by atoms with van der Waals surface area (Å²) >= 11 is 0. The smallest absolute Gasteiger partial charge is 0.462 e. The third-order valence-electron chi connectivity index (χ3n) is 16.7. The van der Waals surface area contributed by atoms with Gasteiger partial charge in [0, 0.05) is 25.7 Å². The van der Waals surface area contributed by atoms with Crippen LogP contribution in [0.1, 0.15) is 369 Å². The number of aliphatic hydroxyl groups excluding tert-OH is 1. The molecule has 19 heteroatoms. The second-order valence-corrected chi connectivity index (χ2v) is 29.8. The van der Waals surface area contributed by atoms with E-state index in [0.717, 1.165) is 102 Å². The van der Waals surface area contributed by atoms with Crippen LogP contribution < -0.4 is 0 Å². The summed E-state index contributed by atoms with van der Waals surface area (Å²) in [6, 6.07) is 0. The average Bonchev–Trinajstić information content (AvgIpc) is 3.39. The molecule has 0 aliphatic carbocycles. The Labute approximate surface area is 556 Å². The zero-order chi connectivity index (χ0) is 67.2. The fourth-order valence-electron chi connectivity index (χ4n) is 10.9. The lowest BCUT2D eigenvalue weighted by Gasteiger charge is -2.21. The Kier molecular flexibility index (Phi) is 62.7. The van der Waals surface area contributed by atoms with Crippen molar-refractivity contribution in [2.45, 2.75) is 387 Å². The third kappa shape index (κ3) is 66.5. The van der Waals surface area contributed by atoms with Crippen molar-refractivity contribution in [3.8, 4) is 0 Å². The Balaban J connectivity index is 5.22. The van der Waals surface area contributed by atoms with E-state index in [-0.39, 0.29) is 25.7 Å². The van der Waals surface area contributed by atoms with Crippen LogP contribution in [0, 0.1) is 11.8 Å². The molecule has 540 valence electrons. The first-order valence-corrected chi connectivity index (χ1v) is 40.5. The predicted octanol–water partition coefficient (Wildman–Crippen LogP) is 20.8. The maximum absolute atomic E-state index is 13.0. The molecule has 0 spiro atoms. The molecule has 5 atom stereocenters. The van der Waals surface area contributed by atoms with Crippen LogP contribution in [0.4, 0.5) is 0 Å². The number of hydrogen-bond donors (Lipinski definition) is 3. The topological polar surface area (TPSA) is 237 Å². The average molecular weight is 1340 g/mol. The first-order valence-electron chi connectivity index (χ1n) is 37.5. The number of esters is 4. The molecule has 0 saturated heterocycles. The molecule has 0 aromatic heterocycles. The molecule has 0 fully saturated rings. The van der Waals surface area contributed by atoms with Gasteiger partial charge in [-0.1, -0.05) is 318 Å². The van der Waals surface area contributed by atoms with Gasteiger partial charge in [-0.3, -0.25) is 37.3 Å². The Hall–Kier alpha value is -1.94. The summed E-state index contributed by atoms with van der Waals surface area (Å²) in [5, 5.41) is 10.6. The lowest BCUT2D eigenvalue weighted by atomic mass is 10.0. The molecule has 0 bridgehead atoms. The minimum absolute atomic E-state index is 0.106. The number of rotatable bonds is 71. The number of aliphatic hydroxyl groups is 1. The van der Waals surface area contributed by atoms with E-state index in [1.165, 1.54) is 180 Å². The molecule has 0 aromatic carbocycles. The van der Waals surface area contributed by atoms with E-state index in [1.54, 1.807) is 0 Å². The molecular formula is C72H140O17P2. The molecule has 0 rings (SSSR count). The monoisotopic (exact) mass is 1340 g/mol. The lowest BCUT2D eigenvalue weighted by Crippen LogP contribution is -2.30. The van der Waals surface area contributed by atoms with Crippen LogP contribution in [-0.2, 0) is 65.4 Å². The summed E-state index contributed by atoms with van der Waals surface area (Å²) in [7, 11) is -9.90. The second kappa shape index (κ2) is 64.1. The van der Waals surface area contributed by atoms with E-state index in [2.05, 4.69) is 41.5 Å². The highest BCUT2D eigenvalue weighted by molar-refractivity contribution is 7.47. The zero-order valence-corrected chi connectivity index (χ0v) is 60.9. The van der Waals surface area contributed by atoms with Gasteiger partial charge in [0.15, 0.2) is 12.2 Å². The van der Waals surface area contributed by atoms with Gasteiger partial charge in [-0.15, -0.1) is 0 Å². The largest absolute Gasteiger partial charge is 0.472 e. The summed E-state index contributed by atoms with van der Waals surface area (Å²) in [6.45, 7) is 9.47. The van der Waals surface area contributed by atoms with Gasteiger partial charge in [-0.05, 0) is 37.5 Å². The lowest BCUT2D eigenvalue weighted by molar-refractivity contribution is -0.161. The molecule has 17 nitrogen and oxygen atoms in total. The normalized spacial score (nSPS) is 14.1. The Morgan fingerprint density at radius 2 is 0.505 bits per heavy atom. The van der Waals surface area contributed by atoms with E-state index in [0.29, 0.717) is 31.6 Å². The van der Waals surface area contributed by atoms with Crippen LogP contribution in [0.5, 0.6) is 0 Å². The van der Waals surface area contributed by atoms with E-state index in [4.69, 9.17) is 37.0 Å². The fraction of sp³-hybridized carbons (Fsp3) is 0.944. The summed E-state index contributed by atoms with van der Waals surface area (Å²) in [5.74, 6) is -0.684. The highest BCUT2D eigenvalue weighted by Crippen LogP contribution is 2.45. The quantitative estimate of drug-likeness (QED) is 0.0222. The first-order chi connectivity index (χ1) is 43.9. The van der Waals surface area contributed by atoms with Gasteiger partial charge >= 0.3 is 39.5 Å².